The van der Waals surface area contributed by atoms with Crippen LogP contribution in [0, 0.1) is 13.8 Å². The van der Waals surface area contributed by atoms with Crippen LogP contribution in [0.1, 0.15) is 30.9 Å². The Morgan fingerprint density at radius 3 is 2.31 bits per heavy atom. The van der Waals surface area contributed by atoms with E-state index in [1.165, 1.54) is 15.6 Å². The number of nitrogens with zero attached hydrogens (tertiary/aromatic N) is 3. The third-order valence-corrected chi connectivity index (χ3v) is 7.50. The minimum atomic E-state index is -3.70. The smallest absolute Gasteiger partial charge is 0.266 e. The van der Waals surface area contributed by atoms with Gasteiger partial charge in [-0.25, -0.2) is 12.7 Å². The minimum Gasteiger partial charge on any atom is -0.496 e. The molecule has 3 rings (SSSR count). The van der Waals surface area contributed by atoms with Crippen molar-refractivity contribution in [1.29, 1.82) is 0 Å². The fourth-order valence-electron chi connectivity index (χ4n) is 3.17. The Morgan fingerprint density at radius 1 is 1.07 bits per heavy atom. The molecular weight excluding hydrogens is 406 g/mol. The Kier molecular flexibility index (Phi) is 6.54. The largest absolute Gasteiger partial charge is 0.496 e. The molecule has 0 radical (unpaired) electrons. The molecule has 1 heterocycles. The zero-order valence-corrected chi connectivity index (χ0v) is 18.7. The number of hydrogen-bond donors (Lipinski definition) is 0. The molecule has 0 fully saturated rings. The second kappa shape index (κ2) is 8.92. The predicted octanol–water partition coefficient (Wildman–Crippen LogP) is 4.83. The summed E-state index contributed by atoms with van der Waals surface area (Å²) in [6.45, 7) is 6.35. The SMILES string of the molecule is CCCCN(c1nnc(-c2cc(C)c(OC)c(C)c2)s1)S(=O)(=O)c1ccccc1. The summed E-state index contributed by atoms with van der Waals surface area (Å²) in [4.78, 5) is 0.254. The van der Waals surface area contributed by atoms with Gasteiger partial charge in [0.1, 0.15) is 10.8 Å². The van der Waals surface area contributed by atoms with Crippen LogP contribution in [0.3, 0.4) is 0 Å². The molecule has 0 aliphatic heterocycles. The highest BCUT2D eigenvalue weighted by Crippen LogP contribution is 2.35. The summed E-state index contributed by atoms with van der Waals surface area (Å²) in [5.41, 5.74) is 2.90. The van der Waals surface area contributed by atoms with Crippen LogP contribution in [-0.4, -0.2) is 32.3 Å². The van der Waals surface area contributed by atoms with E-state index in [4.69, 9.17) is 4.74 Å². The maximum Gasteiger partial charge on any atom is 0.266 e. The molecule has 6 nitrogen and oxygen atoms in total. The first-order chi connectivity index (χ1) is 13.9. The molecule has 0 aliphatic carbocycles. The highest BCUT2D eigenvalue weighted by molar-refractivity contribution is 7.93. The molecule has 0 spiro atoms. The van der Waals surface area contributed by atoms with E-state index in [1.807, 2.05) is 32.9 Å². The van der Waals surface area contributed by atoms with Crippen molar-refractivity contribution in [3.8, 4) is 16.3 Å². The number of unbranched alkanes of at least 4 members (excludes halogenated alkanes) is 1. The van der Waals surface area contributed by atoms with Crippen LogP contribution < -0.4 is 9.04 Å². The van der Waals surface area contributed by atoms with Crippen molar-refractivity contribution in [3.05, 3.63) is 53.6 Å². The van der Waals surface area contributed by atoms with Gasteiger partial charge >= 0.3 is 0 Å². The third kappa shape index (κ3) is 4.43. The molecule has 0 bridgehead atoms. The van der Waals surface area contributed by atoms with Gasteiger partial charge in [-0.2, -0.15) is 0 Å². The predicted molar refractivity (Wildman–Crippen MR) is 117 cm³/mol. The molecular formula is C21H25N3O3S2. The maximum atomic E-state index is 13.2. The molecule has 0 saturated carbocycles. The Morgan fingerprint density at radius 2 is 1.72 bits per heavy atom. The summed E-state index contributed by atoms with van der Waals surface area (Å²) in [7, 11) is -2.05. The van der Waals surface area contributed by atoms with Gasteiger partial charge in [-0.05, 0) is 55.7 Å². The summed E-state index contributed by atoms with van der Waals surface area (Å²) in [6, 6.07) is 12.4. The first-order valence-electron chi connectivity index (χ1n) is 9.45. The molecule has 3 aromatic rings. The minimum absolute atomic E-state index is 0.254. The van der Waals surface area contributed by atoms with Gasteiger partial charge in [0.25, 0.3) is 10.0 Å². The van der Waals surface area contributed by atoms with Gasteiger partial charge in [0.05, 0.1) is 12.0 Å². The second-order valence-electron chi connectivity index (χ2n) is 6.78. The Labute approximate surface area is 176 Å². The van der Waals surface area contributed by atoms with Crippen LogP contribution in [0.15, 0.2) is 47.4 Å². The number of benzene rings is 2. The average molecular weight is 432 g/mol. The summed E-state index contributed by atoms with van der Waals surface area (Å²) in [6.07, 6.45) is 1.62. The number of rotatable bonds is 8. The molecule has 0 saturated heterocycles. The van der Waals surface area contributed by atoms with E-state index in [9.17, 15) is 8.42 Å². The van der Waals surface area contributed by atoms with Gasteiger partial charge in [0.2, 0.25) is 5.13 Å². The summed E-state index contributed by atoms with van der Waals surface area (Å²) in [5, 5.41) is 9.56. The van der Waals surface area contributed by atoms with Crippen molar-refractivity contribution in [3.63, 3.8) is 0 Å². The molecule has 1 aromatic heterocycles. The molecule has 29 heavy (non-hydrogen) atoms. The van der Waals surface area contributed by atoms with Crippen LogP contribution >= 0.6 is 11.3 Å². The Balaban J connectivity index is 2.01. The van der Waals surface area contributed by atoms with Crippen LogP contribution in [-0.2, 0) is 10.0 Å². The van der Waals surface area contributed by atoms with Crippen molar-refractivity contribution in [2.45, 2.75) is 38.5 Å². The van der Waals surface area contributed by atoms with E-state index in [0.29, 0.717) is 16.7 Å². The van der Waals surface area contributed by atoms with E-state index in [-0.39, 0.29) is 4.90 Å². The standard InChI is InChI=1S/C21H25N3O3S2/c1-5-6-12-24(29(25,26)18-10-8-7-9-11-18)21-23-22-20(28-21)17-13-15(2)19(27-4)16(3)14-17/h7-11,13-14H,5-6,12H2,1-4H3. The Bertz CT molecular complexity index is 1060. The van der Waals surface area contributed by atoms with Gasteiger partial charge < -0.3 is 4.74 Å². The van der Waals surface area contributed by atoms with Crippen LogP contribution in [0.2, 0.25) is 0 Å². The van der Waals surface area contributed by atoms with E-state index >= 15 is 0 Å². The van der Waals surface area contributed by atoms with Crippen molar-refractivity contribution in [2.75, 3.05) is 18.0 Å². The van der Waals surface area contributed by atoms with Gasteiger partial charge in [0, 0.05) is 12.1 Å². The fraction of sp³-hybridized carbons (Fsp3) is 0.333. The zero-order valence-electron chi connectivity index (χ0n) is 17.0. The van der Waals surface area contributed by atoms with E-state index in [2.05, 4.69) is 10.2 Å². The van der Waals surface area contributed by atoms with Crippen molar-refractivity contribution >= 4 is 26.5 Å². The van der Waals surface area contributed by atoms with Crippen LogP contribution in [0.4, 0.5) is 5.13 Å². The molecule has 0 aliphatic rings. The second-order valence-corrected chi connectivity index (χ2v) is 9.60. The Hall–Kier alpha value is -2.45. The monoisotopic (exact) mass is 431 g/mol. The van der Waals surface area contributed by atoms with Gasteiger partial charge in [0.15, 0.2) is 0 Å². The van der Waals surface area contributed by atoms with E-state index in [1.54, 1.807) is 37.4 Å². The molecule has 0 amide bonds. The van der Waals surface area contributed by atoms with E-state index < -0.39 is 10.0 Å². The van der Waals surface area contributed by atoms with Gasteiger partial charge in [-0.3, -0.25) is 0 Å². The first-order valence-corrected chi connectivity index (χ1v) is 11.7. The molecule has 154 valence electrons. The summed E-state index contributed by atoms with van der Waals surface area (Å²) >= 11 is 1.28. The number of sulfonamides is 1. The lowest BCUT2D eigenvalue weighted by Gasteiger charge is -2.20. The molecule has 2 aromatic carbocycles. The lowest BCUT2D eigenvalue weighted by Crippen LogP contribution is -2.32. The van der Waals surface area contributed by atoms with E-state index in [0.717, 1.165) is 35.3 Å². The number of aryl methyl sites for hydroxylation is 2. The topological polar surface area (TPSA) is 72.4 Å². The molecule has 0 N–H and O–H groups in total. The third-order valence-electron chi connectivity index (χ3n) is 4.59. The average Bonchev–Trinajstić information content (AvgIpc) is 3.18. The number of hydrogen-bond acceptors (Lipinski definition) is 6. The summed E-state index contributed by atoms with van der Waals surface area (Å²) < 4.78 is 33.2. The summed E-state index contributed by atoms with van der Waals surface area (Å²) in [5.74, 6) is 0.842. The van der Waals surface area contributed by atoms with Crippen LogP contribution in [0.25, 0.3) is 10.6 Å². The first kappa shape index (κ1) is 21.3. The van der Waals surface area contributed by atoms with Crippen molar-refractivity contribution in [2.24, 2.45) is 0 Å². The molecule has 8 heteroatoms. The zero-order chi connectivity index (χ0) is 21.0. The normalized spacial score (nSPS) is 11.4. The number of anilines is 1. The number of methoxy groups -OCH3 is 1. The molecule has 0 unspecified atom stereocenters. The maximum absolute atomic E-state index is 13.2. The number of aromatic nitrogens is 2. The quantitative estimate of drug-likeness (QED) is 0.511. The van der Waals surface area contributed by atoms with Crippen molar-refractivity contribution in [1.82, 2.24) is 10.2 Å². The lowest BCUT2D eigenvalue weighted by molar-refractivity contribution is 0.408. The lowest BCUT2D eigenvalue weighted by atomic mass is 10.1. The van der Waals surface area contributed by atoms with Gasteiger partial charge in [-0.1, -0.05) is 42.9 Å². The molecule has 0 atom stereocenters. The van der Waals surface area contributed by atoms with Gasteiger partial charge in [-0.15, -0.1) is 10.2 Å². The number of ether oxygens (including phenoxy) is 1. The van der Waals surface area contributed by atoms with Crippen molar-refractivity contribution < 1.29 is 13.2 Å². The highest BCUT2D eigenvalue weighted by Gasteiger charge is 2.27. The fourth-order valence-corrected chi connectivity index (χ4v) is 5.71. The van der Waals surface area contributed by atoms with Crippen LogP contribution in [0.5, 0.6) is 5.75 Å². The highest BCUT2D eigenvalue weighted by atomic mass is 32.2.